The van der Waals surface area contributed by atoms with Gasteiger partial charge in [-0.15, -0.1) is 0 Å². The van der Waals surface area contributed by atoms with E-state index in [1.165, 1.54) is 6.42 Å². The van der Waals surface area contributed by atoms with Gasteiger partial charge in [-0.1, -0.05) is 12.1 Å². The van der Waals surface area contributed by atoms with Crippen molar-refractivity contribution in [3.63, 3.8) is 0 Å². The molecule has 150 valence electrons. The third kappa shape index (κ3) is 4.45. The molecule has 0 saturated carbocycles. The van der Waals surface area contributed by atoms with Crippen LogP contribution in [0.4, 0.5) is 0 Å². The summed E-state index contributed by atoms with van der Waals surface area (Å²) in [6.07, 6.45) is 6.22. The Morgan fingerprint density at radius 3 is 2.64 bits per heavy atom. The molecule has 28 heavy (non-hydrogen) atoms. The third-order valence-corrected chi connectivity index (χ3v) is 5.85. The maximum Gasteiger partial charge on any atom is 0.253 e. The molecular weight excluding hydrogens is 352 g/mol. The van der Waals surface area contributed by atoms with Crippen LogP contribution in [0.2, 0.25) is 0 Å². The average Bonchev–Trinajstić information content (AvgIpc) is 3.24. The van der Waals surface area contributed by atoms with E-state index < -0.39 is 0 Å². The fraction of sp³-hybridized carbons (Fsp3) is 0.545. The van der Waals surface area contributed by atoms with Crippen LogP contribution in [0.1, 0.15) is 30.1 Å². The number of benzene rings is 1. The Balaban J connectivity index is 1.37. The number of piperidine rings is 1. The van der Waals surface area contributed by atoms with E-state index in [-0.39, 0.29) is 5.91 Å². The summed E-state index contributed by atoms with van der Waals surface area (Å²) in [6.45, 7) is 9.43. The Kier molecular flexibility index (Phi) is 6.07. The summed E-state index contributed by atoms with van der Waals surface area (Å²) in [7, 11) is 0. The number of likely N-dealkylation sites (tertiary alicyclic amines) is 1. The van der Waals surface area contributed by atoms with Crippen LogP contribution in [-0.2, 0) is 11.3 Å². The van der Waals surface area contributed by atoms with Crippen molar-refractivity contribution in [1.29, 1.82) is 0 Å². The number of carbonyl (C=O) groups is 1. The number of morpholine rings is 1. The van der Waals surface area contributed by atoms with E-state index in [0.29, 0.717) is 5.92 Å². The van der Waals surface area contributed by atoms with Gasteiger partial charge < -0.3 is 9.64 Å². The van der Waals surface area contributed by atoms with E-state index in [4.69, 9.17) is 4.74 Å². The van der Waals surface area contributed by atoms with Crippen molar-refractivity contribution in [2.75, 3.05) is 45.9 Å². The minimum Gasteiger partial charge on any atom is -0.379 e. The van der Waals surface area contributed by atoms with Crippen molar-refractivity contribution in [3.05, 3.63) is 42.2 Å². The van der Waals surface area contributed by atoms with Gasteiger partial charge in [-0.3, -0.25) is 14.4 Å². The molecule has 0 spiro atoms. The molecule has 1 aromatic heterocycles. The maximum absolute atomic E-state index is 13.0. The van der Waals surface area contributed by atoms with Crippen LogP contribution in [0.15, 0.2) is 36.7 Å². The predicted octanol–water partition coefficient (Wildman–Crippen LogP) is 2.75. The second kappa shape index (κ2) is 8.88. The number of carbonyl (C=O) groups excluding carboxylic acids is 1. The fourth-order valence-corrected chi connectivity index (χ4v) is 4.22. The van der Waals surface area contributed by atoms with Crippen LogP contribution in [0.25, 0.3) is 11.1 Å². The average molecular weight is 383 g/mol. The summed E-state index contributed by atoms with van der Waals surface area (Å²) in [4.78, 5) is 17.5. The van der Waals surface area contributed by atoms with Gasteiger partial charge in [0, 0.05) is 56.6 Å². The SMILES string of the molecule is CCn1cc(-c2ccc(C(=O)N3CCC[C@H](CN4CCOCC4)C3)cc2)cn1. The maximum atomic E-state index is 13.0. The highest BCUT2D eigenvalue weighted by molar-refractivity contribution is 5.94. The highest BCUT2D eigenvalue weighted by Crippen LogP contribution is 2.23. The van der Waals surface area contributed by atoms with Crippen LogP contribution in [0.5, 0.6) is 0 Å². The molecule has 2 aromatic rings. The van der Waals surface area contributed by atoms with Gasteiger partial charge in [0.1, 0.15) is 0 Å². The lowest BCUT2D eigenvalue weighted by Gasteiger charge is -2.36. The molecule has 6 nitrogen and oxygen atoms in total. The summed E-state index contributed by atoms with van der Waals surface area (Å²) >= 11 is 0. The number of rotatable bonds is 5. The first kappa shape index (κ1) is 19.2. The van der Waals surface area contributed by atoms with Crippen LogP contribution in [0, 0.1) is 5.92 Å². The van der Waals surface area contributed by atoms with Crippen molar-refractivity contribution in [3.8, 4) is 11.1 Å². The number of nitrogens with zero attached hydrogens (tertiary/aromatic N) is 4. The zero-order chi connectivity index (χ0) is 19.3. The highest BCUT2D eigenvalue weighted by atomic mass is 16.5. The number of hydrogen-bond donors (Lipinski definition) is 0. The van der Waals surface area contributed by atoms with Gasteiger partial charge in [-0.05, 0) is 43.4 Å². The first-order valence-electron chi connectivity index (χ1n) is 10.4. The summed E-state index contributed by atoms with van der Waals surface area (Å²) in [5.74, 6) is 0.720. The summed E-state index contributed by atoms with van der Waals surface area (Å²) in [5.41, 5.74) is 2.96. The number of aryl methyl sites for hydroxylation is 1. The molecule has 6 heteroatoms. The van der Waals surface area contributed by atoms with Gasteiger partial charge >= 0.3 is 0 Å². The monoisotopic (exact) mass is 382 g/mol. The number of ether oxygens (including phenoxy) is 1. The lowest BCUT2D eigenvalue weighted by Crippen LogP contribution is -2.46. The summed E-state index contributed by atoms with van der Waals surface area (Å²) in [6, 6.07) is 7.96. The van der Waals surface area contributed by atoms with E-state index >= 15 is 0 Å². The highest BCUT2D eigenvalue weighted by Gasteiger charge is 2.26. The number of hydrogen-bond acceptors (Lipinski definition) is 4. The predicted molar refractivity (Wildman–Crippen MR) is 109 cm³/mol. The summed E-state index contributed by atoms with van der Waals surface area (Å²) in [5, 5.41) is 4.33. The Morgan fingerprint density at radius 2 is 1.93 bits per heavy atom. The van der Waals surface area contributed by atoms with E-state index in [9.17, 15) is 4.79 Å². The molecule has 1 amide bonds. The van der Waals surface area contributed by atoms with Gasteiger partial charge in [-0.2, -0.15) is 5.10 Å². The van der Waals surface area contributed by atoms with Crippen molar-refractivity contribution in [1.82, 2.24) is 19.6 Å². The van der Waals surface area contributed by atoms with Crippen LogP contribution in [-0.4, -0.2) is 71.4 Å². The molecule has 0 unspecified atom stereocenters. The molecule has 2 aliphatic heterocycles. The second-order valence-corrected chi connectivity index (χ2v) is 7.83. The van der Waals surface area contributed by atoms with E-state index in [1.807, 2.05) is 46.2 Å². The lowest BCUT2D eigenvalue weighted by atomic mass is 9.96. The van der Waals surface area contributed by atoms with E-state index in [2.05, 4.69) is 16.9 Å². The van der Waals surface area contributed by atoms with Crippen LogP contribution in [0.3, 0.4) is 0 Å². The Morgan fingerprint density at radius 1 is 1.14 bits per heavy atom. The van der Waals surface area contributed by atoms with Gasteiger partial charge in [0.05, 0.1) is 19.4 Å². The topological polar surface area (TPSA) is 50.6 Å². The van der Waals surface area contributed by atoms with Gasteiger partial charge in [-0.25, -0.2) is 0 Å². The molecule has 1 atom stereocenters. The molecule has 2 aliphatic rings. The molecule has 0 bridgehead atoms. The van der Waals surface area contributed by atoms with Crippen molar-refractivity contribution < 1.29 is 9.53 Å². The van der Waals surface area contributed by atoms with Crippen LogP contribution >= 0.6 is 0 Å². The molecule has 3 heterocycles. The lowest BCUT2D eigenvalue weighted by molar-refractivity contribution is 0.0224. The molecule has 4 rings (SSSR count). The molecular formula is C22H30N4O2. The molecule has 2 saturated heterocycles. The molecule has 0 N–H and O–H groups in total. The van der Waals surface area contributed by atoms with Gasteiger partial charge in [0.15, 0.2) is 0 Å². The minimum atomic E-state index is 0.155. The molecule has 1 aromatic carbocycles. The zero-order valence-electron chi connectivity index (χ0n) is 16.7. The molecule has 0 radical (unpaired) electrons. The number of amides is 1. The van der Waals surface area contributed by atoms with E-state index in [0.717, 1.165) is 75.6 Å². The normalized spacial score (nSPS) is 21.0. The second-order valence-electron chi connectivity index (χ2n) is 7.83. The van der Waals surface area contributed by atoms with Crippen molar-refractivity contribution >= 4 is 5.91 Å². The molecule has 0 aliphatic carbocycles. The number of aromatic nitrogens is 2. The molecule has 2 fully saturated rings. The quantitative estimate of drug-likeness (QED) is 0.798. The van der Waals surface area contributed by atoms with E-state index in [1.54, 1.807) is 0 Å². The largest absolute Gasteiger partial charge is 0.379 e. The smallest absolute Gasteiger partial charge is 0.253 e. The zero-order valence-corrected chi connectivity index (χ0v) is 16.7. The van der Waals surface area contributed by atoms with Crippen molar-refractivity contribution in [2.24, 2.45) is 5.92 Å². The van der Waals surface area contributed by atoms with Gasteiger partial charge in [0.25, 0.3) is 5.91 Å². The Bertz CT molecular complexity index is 780. The van der Waals surface area contributed by atoms with Crippen molar-refractivity contribution in [2.45, 2.75) is 26.3 Å². The minimum absolute atomic E-state index is 0.155. The fourth-order valence-electron chi connectivity index (χ4n) is 4.22. The van der Waals surface area contributed by atoms with Gasteiger partial charge in [0.2, 0.25) is 0 Å². The third-order valence-electron chi connectivity index (χ3n) is 5.85. The standard InChI is InChI=1S/C22H30N4O2/c1-2-26-17-21(14-23-26)19-5-7-20(8-6-19)22(27)25-9-3-4-18(16-25)15-24-10-12-28-13-11-24/h5-8,14,17-18H,2-4,9-13,15-16H2,1H3/t18-/m1/s1. The Hall–Kier alpha value is -2.18. The first-order valence-corrected chi connectivity index (χ1v) is 10.4. The van der Waals surface area contributed by atoms with Crippen LogP contribution < -0.4 is 0 Å². The Labute approximate surface area is 167 Å². The first-order chi connectivity index (χ1) is 13.7. The summed E-state index contributed by atoms with van der Waals surface area (Å²) < 4.78 is 7.36.